The van der Waals surface area contributed by atoms with Gasteiger partial charge < -0.3 is 10.1 Å². The van der Waals surface area contributed by atoms with E-state index in [1.165, 1.54) is 38.5 Å². The molecule has 2 fully saturated rings. The summed E-state index contributed by atoms with van der Waals surface area (Å²) in [5, 5.41) is 3.57. The summed E-state index contributed by atoms with van der Waals surface area (Å²) in [7, 11) is 2.14. The Kier molecular flexibility index (Phi) is 4.71. The van der Waals surface area contributed by atoms with E-state index in [1.807, 2.05) is 0 Å². The van der Waals surface area contributed by atoms with Gasteiger partial charge in [-0.05, 0) is 56.4 Å². The van der Waals surface area contributed by atoms with E-state index in [0.29, 0.717) is 17.6 Å². The summed E-state index contributed by atoms with van der Waals surface area (Å²) in [6, 6.07) is 0.699. The Labute approximate surface area is 113 Å². The second-order valence-electron chi connectivity index (χ2n) is 7.25. The molecule has 0 spiro atoms. The molecule has 1 N–H and O–H groups in total. The van der Waals surface area contributed by atoms with Crippen LogP contribution in [0.3, 0.4) is 0 Å². The molecule has 18 heavy (non-hydrogen) atoms. The van der Waals surface area contributed by atoms with Gasteiger partial charge in [0.1, 0.15) is 0 Å². The lowest BCUT2D eigenvalue weighted by molar-refractivity contribution is 0.0236. The zero-order valence-corrected chi connectivity index (χ0v) is 12.7. The van der Waals surface area contributed by atoms with Crippen molar-refractivity contribution in [1.29, 1.82) is 0 Å². The zero-order chi connectivity index (χ0) is 13.2. The topological polar surface area (TPSA) is 21.3 Å². The fraction of sp³-hybridized carbons (Fsp3) is 1.00. The van der Waals surface area contributed by atoms with Crippen molar-refractivity contribution in [2.45, 2.75) is 71.4 Å². The maximum absolute atomic E-state index is 5.85. The van der Waals surface area contributed by atoms with E-state index in [0.717, 1.165) is 18.4 Å². The first kappa shape index (κ1) is 14.3. The third-order valence-electron chi connectivity index (χ3n) is 5.26. The van der Waals surface area contributed by atoms with Gasteiger partial charge in [0.15, 0.2) is 0 Å². The summed E-state index contributed by atoms with van der Waals surface area (Å²) in [6.07, 6.45) is 8.43. The average Bonchev–Trinajstić information content (AvgIpc) is 2.80. The largest absolute Gasteiger partial charge is 0.378 e. The van der Waals surface area contributed by atoms with Gasteiger partial charge >= 0.3 is 0 Å². The van der Waals surface area contributed by atoms with Crippen LogP contribution in [0, 0.1) is 17.3 Å². The van der Waals surface area contributed by atoms with Crippen LogP contribution in [-0.4, -0.2) is 25.8 Å². The monoisotopic (exact) mass is 253 g/mol. The predicted octanol–water partition coefficient (Wildman–Crippen LogP) is 3.61. The molecule has 2 nitrogen and oxygen atoms in total. The Balaban J connectivity index is 1.97. The Bertz CT molecular complexity index is 258. The van der Waals surface area contributed by atoms with Crippen molar-refractivity contribution in [3.05, 3.63) is 0 Å². The summed E-state index contributed by atoms with van der Waals surface area (Å²) < 4.78 is 5.85. The van der Waals surface area contributed by atoms with Crippen LogP contribution in [0.5, 0.6) is 0 Å². The second-order valence-corrected chi connectivity index (χ2v) is 7.25. The SMILES string of the molecule is CNC1CC(C)CCC1C(C)(C)CC1CCCO1. The highest BCUT2D eigenvalue weighted by Gasteiger charge is 2.40. The van der Waals surface area contributed by atoms with E-state index in [-0.39, 0.29) is 0 Å². The summed E-state index contributed by atoms with van der Waals surface area (Å²) in [5.41, 5.74) is 0.406. The van der Waals surface area contributed by atoms with Gasteiger partial charge in [-0.25, -0.2) is 0 Å². The predicted molar refractivity (Wildman–Crippen MR) is 76.7 cm³/mol. The summed E-state index contributed by atoms with van der Waals surface area (Å²) in [6.45, 7) is 8.30. The van der Waals surface area contributed by atoms with Crippen LogP contribution in [-0.2, 0) is 4.74 Å². The lowest BCUT2D eigenvalue weighted by Gasteiger charge is -2.45. The van der Waals surface area contributed by atoms with Crippen molar-refractivity contribution in [2.75, 3.05) is 13.7 Å². The van der Waals surface area contributed by atoms with E-state index in [2.05, 4.69) is 33.1 Å². The molecule has 1 aliphatic heterocycles. The molecular formula is C16H31NO. The molecule has 0 radical (unpaired) electrons. The van der Waals surface area contributed by atoms with Crippen LogP contribution in [0.1, 0.15) is 59.3 Å². The van der Waals surface area contributed by atoms with E-state index in [1.54, 1.807) is 0 Å². The van der Waals surface area contributed by atoms with Gasteiger partial charge in [0.25, 0.3) is 0 Å². The minimum absolute atomic E-state index is 0.406. The highest BCUT2D eigenvalue weighted by molar-refractivity contribution is 4.93. The first-order valence-corrected chi connectivity index (χ1v) is 7.82. The van der Waals surface area contributed by atoms with Crippen LogP contribution >= 0.6 is 0 Å². The number of nitrogens with one attached hydrogen (secondary N) is 1. The van der Waals surface area contributed by atoms with Crippen LogP contribution in [0.15, 0.2) is 0 Å². The zero-order valence-electron chi connectivity index (χ0n) is 12.7. The molecule has 4 atom stereocenters. The lowest BCUT2D eigenvalue weighted by atomic mass is 9.64. The molecule has 2 rings (SSSR count). The molecule has 1 saturated carbocycles. The molecule has 0 amide bonds. The van der Waals surface area contributed by atoms with E-state index < -0.39 is 0 Å². The second kappa shape index (κ2) is 5.92. The lowest BCUT2D eigenvalue weighted by Crippen LogP contribution is -2.46. The first-order valence-electron chi connectivity index (χ1n) is 7.82. The minimum Gasteiger partial charge on any atom is -0.378 e. The fourth-order valence-electron chi connectivity index (χ4n) is 4.18. The third-order valence-corrected chi connectivity index (χ3v) is 5.26. The molecule has 0 aromatic heterocycles. The van der Waals surface area contributed by atoms with E-state index >= 15 is 0 Å². The normalized spacial score (nSPS) is 38.0. The molecule has 0 bridgehead atoms. The molecule has 2 aliphatic rings. The van der Waals surface area contributed by atoms with Crippen molar-refractivity contribution in [1.82, 2.24) is 5.32 Å². The van der Waals surface area contributed by atoms with Crippen molar-refractivity contribution < 1.29 is 4.74 Å². The smallest absolute Gasteiger partial charge is 0.0581 e. The number of rotatable bonds is 4. The molecule has 0 aromatic carbocycles. The van der Waals surface area contributed by atoms with Crippen LogP contribution in [0.25, 0.3) is 0 Å². The van der Waals surface area contributed by atoms with Crippen molar-refractivity contribution in [3.8, 4) is 0 Å². The number of hydrogen-bond acceptors (Lipinski definition) is 2. The van der Waals surface area contributed by atoms with Gasteiger partial charge in [-0.15, -0.1) is 0 Å². The van der Waals surface area contributed by atoms with Crippen LogP contribution in [0.2, 0.25) is 0 Å². The Morgan fingerprint density at radius 1 is 1.22 bits per heavy atom. The first-order chi connectivity index (χ1) is 8.53. The maximum Gasteiger partial charge on any atom is 0.0581 e. The molecule has 1 saturated heterocycles. The highest BCUT2D eigenvalue weighted by atomic mass is 16.5. The molecule has 4 unspecified atom stereocenters. The van der Waals surface area contributed by atoms with Crippen molar-refractivity contribution in [3.63, 3.8) is 0 Å². The quantitative estimate of drug-likeness (QED) is 0.826. The fourth-order valence-corrected chi connectivity index (χ4v) is 4.18. The molecule has 1 aliphatic carbocycles. The molecule has 2 heteroatoms. The van der Waals surface area contributed by atoms with Crippen LogP contribution in [0.4, 0.5) is 0 Å². The maximum atomic E-state index is 5.85. The van der Waals surface area contributed by atoms with Crippen molar-refractivity contribution >= 4 is 0 Å². The van der Waals surface area contributed by atoms with Gasteiger partial charge in [-0.3, -0.25) is 0 Å². The highest BCUT2D eigenvalue weighted by Crippen LogP contribution is 2.44. The third kappa shape index (κ3) is 3.27. The molecule has 106 valence electrons. The van der Waals surface area contributed by atoms with Gasteiger partial charge in [-0.1, -0.05) is 27.2 Å². The Hall–Kier alpha value is -0.0800. The van der Waals surface area contributed by atoms with Gasteiger partial charge in [0.2, 0.25) is 0 Å². The van der Waals surface area contributed by atoms with E-state index in [4.69, 9.17) is 4.74 Å². The minimum atomic E-state index is 0.406. The number of hydrogen-bond donors (Lipinski definition) is 1. The van der Waals surface area contributed by atoms with Gasteiger partial charge in [0, 0.05) is 12.6 Å². The average molecular weight is 253 g/mol. The summed E-state index contributed by atoms with van der Waals surface area (Å²) >= 11 is 0. The van der Waals surface area contributed by atoms with Gasteiger partial charge in [-0.2, -0.15) is 0 Å². The number of ether oxygens (including phenoxy) is 1. The standard InChI is InChI=1S/C16H31NO/c1-12-7-8-14(15(10-12)17-4)16(2,3)11-13-6-5-9-18-13/h12-15,17H,5-11H2,1-4H3. The molecule has 1 heterocycles. The Morgan fingerprint density at radius 3 is 2.61 bits per heavy atom. The van der Waals surface area contributed by atoms with Crippen molar-refractivity contribution in [2.24, 2.45) is 17.3 Å². The molecular weight excluding hydrogens is 222 g/mol. The van der Waals surface area contributed by atoms with E-state index in [9.17, 15) is 0 Å². The summed E-state index contributed by atoms with van der Waals surface area (Å²) in [5.74, 6) is 1.69. The van der Waals surface area contributed by atoms with Gasteiger partial charge in [0.05, 0.1) is 6.10 Å². The Morgan fingerprint density at radius 2 is 2.00 bits per heavy atom. The molecule has 0 aromatic rings. The summed E-state index contributed by atoms with van der Waals surface area (Å²) in [4.78, 5) is 0. The van der Waals surface area contributed by atoms with Crippen LogP contribution < -0.4 is 5.32 Å².